The number of carboxylic acids is 1. The van der Waals surface area contributed by atoms with Crippen molar-refractivity contribution in [2.75, 3.05) is 0 Å². The van der Waals surface area contributed by atoms with Gasteiger partial charge >= 0.3 is 5.97 Å². The highest BCUT2D eigenvalue weighted by atomic mass is 16.4. The van der Waals surface area contributed by atoms with Crippen LogP contribution in [0, 0.1) is 0 Å². The van der Waals surface area contributed by atoms with Crippen LogP contribution in [0.15, 0.2) is 24.3 Å². The zero-order chi connectivity index (χ0) is 10.8. The monoisotopic (exact) mass is 205 g/mol. The number of hydrogen-bond acceptors (Lipinski definition) is 4. The lowest BCUT2D eigenvalue weighted by Crippen LogP contribution is -1.98. The molecule has 0 spiro atoms. The van der Waals surface area contributed by atoms with Gasteiger partial charge in [-0.1, -0.05) is 0 Å². The van der Waals surface area contributed by atoms with E-state index in [1.54, 1.807) is 12.1 Å². The third-order valence-electron chi connectivity index (χ3n) is 1.81. The van der Waals surface area contributed by atoms with Gasteiger partial charge in [0.05, 0.1) is 0 Å². The van der Waals surface area contributed by atoms with E-state index in [2.05, 4.69) is 15.2 Å². The van der Waals surface area contributed by atoms with Gasteiger partial charge in [0.25, 0.3) is 0 Å². The number of phenolic OH excluding ortho intramolecular Hbond substituents is 1. The molecule has 0 radical (unpaired) electrons. The minimum Gasteiger partial charge on any atom is -0.508 e. The second kappa shape index (κ2) is 3.41. The Balaban J connectivity index is 2.37. The zero-order valence-electron chi connectivity index (χ0n) is 7.51. The molecule has 0 aliphatic rings. The highest BCUT2D eigenvalue weighted by Gasteiger charge is 2.10. The highest BCUT2D eigenvalue weighted by molar-refractivity contribution is 5.83. The Kier molecular flexibility index (Phi) is 2.09. The smallest absolute Gasteiger partial charge is 0.373 e. The summed E-state index contributed by atoms with van der Waals surface area (Å²) < 4.78 is 0. The van der Waals surface area contributed by atoms with Crippen LogP contribution >= 0.6 is 0 Å². The van der Waals surface area contributed by atoms with Crippen molar-refractivity contribution in [3.63, 3.8) is 0 Å². The van der Waals surface area contributed by atoms with E-state index in [0.29, 0.717) is 5.56 Å². The molecule has 15 heavy (non-hydrogen) atoms. The van der Waals surface area contributed by atoms with Crippen LogP contribution in [-0.2, 0) is 0 Å². The van der Waals surface area contributed by atoms with Crippen molar-refractivity contribution in [1.82, 2.24) is 15.2 Å². The second-order valence-electron chi connectivity index (χ2n) is 2.86. The van der Waals surface area contributed by atoms with Gasteiger partial charge < -0.3 is 10.2 Å². The van der Waals surface area contributed by atoms with Crippen LogP contribution in [0.4, 0.5) is 0 Å². The SMILES string of the molecule is O=C(O)c1nc(-c2ccc(O)cc2)n[nH]1. The molecular weight excluding hydrogens is 198 g/mol. The lowest BCUT2D eigenvalue weighted by atomic mass is 10.2. The van der Waals surface area contributed by atoms with Crippen molar-refractivity contribution >= 4 is 5.97 Å². The second-order valence-corrected chi connectivity index (χ2v) is 2.86. The van der Waals surface area contributed by atoms with E-state index in [1.807, 2.05) is 0 Å². The fourth-order valence-electron chi connectivity index (χ4n) is 1.10. The predicted octanol–water partition coefficient (Wildman–Crippen LogP) is 0.875. The normalized spacial score (nSPS) is 10.1. The van der Waals surface area contributed by atoms with Crippen molar-refractivity contribution in [2.45, 2.75) is 0 Å². The quantitative estimate of drug-likeness (QED) is 0.675. The summed E-state index contributed by atoms with van der Waals surface area (Å²) in [7, 11) is 0. The number of aromatic hydroxyl groups is 1. The number of aromatic amines is 1. The first-order valence-corrected chi connectivity index (χ1v) is 4.12. The molecule has 0 amide bonds. The van der Waals surface area contributed by atoms with Crippen molar-refractivity contribution in [3.05, 3.63) is 30.1 Å². The van der Waals surface area contributed by atoms with E-state index in [4.69, 9.17) is 10.2 Å². The van der Waals surface area contributed by atoms with Gasteiger partial charge in [0.2, 0.25) is 5.82 Å². The molecule has 2 aromatic rings. The Labute approximate surface area is 84.2 Å². The van der Waals surface area contributed by atoms with Crippen LogP contribution in [-0.4, -0.2) is 31.4 Å². The molecule has 6 nitrogen and oxygen atoms in total. The third kappa shape index (κ3) is 1.78. The molecule has 0 saturated carbocycles. The van der Waals surface area contributed by atoms with Crippen LogP contribution in [0.2, 0.25) is 0 Å². The standard InChI is InChI=1S/C9H7N3O3/c13-6-3-1-5(2-4-6)7-10-8(9(14)15)12-11-7/h1-4,13H,(H,14,15)(H,10,11,12). The molecule has 0 saturated heterocycles. The number of aromatic nitrogens is 3. The number of H-pyrrole nitrogens is 1. The first-order chi connectivity index (χ1) is 7.16. The van der Waals surface area contributed by atoms with Gasteiger partial charge in [0.1, 0.15) is 5.75 Å². The molecule has 0 atom stereocenters. The number of hydrogen-bond donors (Lipinski definition) is 3. The lowest BCUT2D eigenvalue weighted by molar-refractivity contribution is 0.0684. The Hall–Kier alpha value is -2.37. The molecule has 0 unspecified atom stereocenters. The minimum absolute atomic E-state index is 0.132. The maximum absolute atomic E-state index is 10.5. The molecule has 1 aromatic carbocycles. The van der Waals surface area contributed by atoms with Gasteiger partial charge in [-0.25, -0.2) is 9.78 Å². The Morgan fingerprint density at radius 1 is 1.27 bits per heavy atom. The summed E-state index contributed by atoms with van der Waals surface area (Å²) >= 11 is 0. The molecule has 76 valence electrons. The van der Waals surface area contributed by atoms with Gasteiger partial charge in [-0.3, -0.25) is 5.10 Å². The summed E-state index contributed by atoms with van der Waals surface area (Å²) in [5.41, 5.74) is 0.636. The number of carbonyl (C=O) groups is 1. The summed E-state index contributed by atoms with van der Waals surface area (Å²) in [6, 6.07) is 6.16. The molecule has 0 fully saturated rings. The van der Waals surface area contributed by atoms with E-state index in [9.17, 15) is 4.79 Å². The van der Waals surface area contributed by atoms with Crippen molar-refractivity contribution in [3.8, 4) is 17.1 Å². The predicted molar refractivity (Wildman–Crippen MR) is 50.4 cm³/mol. The average molecular weight is 205 g/mol. The maximum Gasteiger partial charge on any atom is 0.373 e. The lowest BCUT2D eigenvalue weighted by Gasteiger charge is -1.94. The molecule has 1 aromatic heterocycles. The largest absolute Gasteiger partial charge is 0.508 e. The number of benzene rings is 1. The van der Waals surface area contributed by atoms with E-state index < -0.39 is 5.97 Å². The number of phenols is 1. The number of nitrogens with zero attached hydrogens (tertiary/aromatic N) is 2. The number of carboxylic acid groups (broad SMARTS) is 1. The van der Waals surface area contributed by atoms with Crippen molar-refractivity contribution < 1.29 is 15.0 Å². The van der Waals surface area contributed by atoms with Gasteiger partial charge in [-0.2, -0.15) is 5.10 Å². The first kappa shape index (κ1) is 9.20. The molecule has 6 heteroatoms. The minimum atomic E-state index is -1.16. The van der Waals surface area contributed by atoms with Gasteiger partial charge in [0, 0.05) is 5.56 Å². The first-order valence-electron chi connectivity index (χ1n) is 4.12. The summed E-state index contributed by atoms with van der Waals surface area (Å²) in [6.07, 6.45) is 0. The Bertz CT molecular complexity index is 490. The van der Waals surface area contributed by atoms with Crippen molar-refractivity contribution in [2.24, 2.45) is 0 Å². The molecular formula is C9H7N3O3. The number of aromatic carboxylic acids is 1. The van der Waals surface area contributed by atoms with Gasteiger partial charge in [-0.05, 0) is 24.3 Å². The van der Waals surface area contributed by atoms with Crippen LogP contribution in [0.5, 0.6) is 5.75 Å². The van der Waals surface area contributed by atoms with E-state index in [0.717, 1.165) is 0 Å². The molecule has 1 heterocycles. The fraction of sp³-hybridized carbons (Fsp3) is 0. The number of rotatable bonds is 2. The van der Waals surface area contributed by atoms with Crippen LogP contribution in [0.3, 0.4) is 0 Å². The topological polar surface area (TPSA) is 99.1 Å². The van der Waals surface area contributed by atoms with Crippen molar-refractivity contribution in [1.29, 1.82) is 0 Å². The van der Waals surface area contributed by atoms with E-state index >= 15 is 0 Å². The van der Waals surface area contributed by atoms with Crippen LogP contribution < -0.4 is 0 Å². The van der Waals surface area contributed by atoms with Gasteiger partial charge in [-0.15, -0.1) is 0 Å². The third-order valence-corrected chi connectivity index (χ3v) is 1.81. The summed E-state index contributed by atoms with van der Waals surface area (Å²) in [6.45, 7) is 0. The highest BCUT2D eigenvalue weighted by Crippen LogP contribution is 2.17. The average Bonchev–Trinajstić information content (AvgIpc) is 2.68. The van der Waals surface area contributed by atoms with Gasteiger partial charge in [0.15, 0.2) is 5.82 Å². The number of nitrogens with one attached hydrogen (secondary N) is 1. The summed E-state index contributed by atoms with van der Waals surface area (Å²) in [4.78, 5) is 14.3. The van der Waals surface area contributed by atoms with Crippen LogP contribution in [0.25, 0.3) is 11.4 Å². The molecule has 0 aliphatic carbocycles. The van der Waals surface area contributed by atoms with E-state index in [-0.39, 0.29) is 17.4 Å². The molecule has 0 aliphatic heterocycles. The molecule has 3 N–H and O–H groups in total. The summed E-state index contributed by atoms with van der Waals surface area (Å²) in [5.74, 6) is -0.953. The Morgan fingerprint density at radius 3 is 2.47 bits per heavy atom. The molecule has 0 bridgehead atoms. The van der Waals surface area contributed by atoms with Crippen LogP contribution in [0.1, 0.15) is 10.6 Å². The zero-order valence-corrected chi connectivity index (χ0v) is 7.51. The molecule has 2 rings (SSSR count). The maximum atomic E-state index is 10.5. The van der Waals surface area contributed by atoms with E-state index in [1.165, 1.54) is 12.1 Å². The Morgan fingerprint density at radius 2 is 1.93 bits per heavy atom. The summed E-state index contributed by atoms with van der Waals surface area (Å²) in [5, 5.41) is 23.7. The fourth-order valence-corrected chi connectivity index (χ4v) is 1.10.